The molecule has 0 N–H and O–H groups in total. The van der Waals surface area contributed by atoms with E-state index in [-0.39, 0.29) is 0 Å². The van der Waals surface area contributed by atoms with E-state index in [9.17, 15) is 4.79 Å². The zero-order valence-electron chi connectivity index (χ0n) is 6.19. The first-order valence-corrected chi connectivity index (χ1v) is 5.24. The fraction of sp³-hybridized carbons (Fsp3) is 0. The fourth-order valence-electron chi connectivity index (χ4n) is 1.02. The Morgan fingerprint density at radius 3 is 2.75 bits per heavy atom. The van der Waals surface area contributed by atoms with Crippen LogP contribution in [0.2, 0.25) is 0 Å². The number of thiophene rings is 2. The Morgan fingerprint density at radius 1 is 1.17 bits per heavy atom. The maximum Gasteiger partial charge on any atom is 0.151 e. The molecule has 0 saturated heterocycles. The summed E-state index contributed by atoms with van der Waals surface area (Å²) in [6.07, 6.45) is 0.908. The van der Waals surface area contributed by atoms with Crippen molar-refractivity contribution >= 4 is 29.0 Å². The number of hydrogen-bond donors (Lipinski definition) is 0. The lowest BCUT2D eigenvalue weighted by Crippen LogP contribution is -1.75. The topological polar surface area (TPSA) is 17.1 Å². The molecule has 2 heterocycles. The first-order chi connectivity index (χ1) is 5.92. The van der Waals surface area contributed by atoms with Gasteiger partial charge in [-0.1, -0.05) is 6.07 Å². The molecule has 0 aromatic carbocycles. The van der Waals surface area contributed by atoms with Crippen molar-refractivity contribution in [2.24, 2.45) is 0 Å². The molecule has 2 rings (SSSR count). The molecule has 12 heavy (non-hydrogen) atoms. The molecule has 2 aromatic heterocycles. The van der Waals surface area contributed by atoms with Gasteiger partial charge >= 0.3 is 0 Å². The number of carbonyl (C=O) groups excluding carboxylic acids is 1. The zero-order chi connectivity index (χ0) is 8.39. The van der Waals surface area contributed by atoms with E-state index in [0.717, 1.165) is 16.7 Å². The van der Waals surface area contributed by atoms with E-state index < -0.39 is 0 Å². The molecule has 0 bridgehead atoms. The van der Waals surface area contributed by atoms with Crippen LogP contribution in [-0.4, -0.2) is 6.29 Å². The Hall–Kier alpha value is -0.930. The standard InChI is InChI=1S/C9H6OS2/c10-6-7-3-5-12-9(7)8-2-1-4-11-8/h1-6H. The summed E-state index contributed by atoms with van der Waals surface area (Å²) < 4.78 is 0. The van der Waals surface area contributed by atoms with E-state index in [0.29, 0.717) is 0 Å². The van der Waals surface area contributed by atoms with Crippen molar-refractivity contribution in [3.63, 3.8) is 0 Å². The van der Waals surface area contributed by atoms with Gasteiger partial charge in [0.15, 0.2) is 6.29 Å². The quantitative estimate of drug-likeness (QED) is 0.670. The number of hydrogen-bond acceptors (Lipinski definition) is 3. The van der Waals surface area contributed by atoms with Gasteiger partial charge in [-0.3, -0.25) is 4.79 Å². The Morgan fingerprint density at radius 2 is 2.08 bits per heavy atom. The van der Waals surface area contributed by atoms with Gasteiger partial charge < -0.3 is 0 Å². The first-order valence-electron chi connectivity index (χ1n) is 3.48. The molecule has 0 radical (unpaired) electrons. The minimum atomic E-state index is 0.794. The van der Waals surface area contributed by atoms with Crippen molar-refractivity contribution in [2.45, 2.75) is 0 Å². The third kappa shape index (κ3) is 1.21. The molecule has 0 unspecified atom stereocenters. The van der Waals surface area contributed by atoms with Crippen LogP contribution in [0.15, 0.2) is 29.0 Å². The Labute approximate surface area is 78.3 Å². The summed E-state index contributed by atoms with van der Waals surface area (Å²) in [5.74, 6) is 0. The monoisotopic (exact) mass is 194 g/mol. The van der Waals surface area contributed by atoms with Gasteiger partial charge in [-0.15, -0.1) is 22.7 Å². The zero-order valence-corrected chi connectivity index (χ0v) is 7.82. The molecule has 2 aromatic rings. The van der Waals surface area contributed by atoms with Gasteiger partial charge in [0.05, 0.1) is 4.88 Å². The predicted octanol–water partition coefficient (Wildman–Crippen LogP) is 3.29. The van der Waals surface area contributed by atoms with Crippen LogP contribution in [0, 0.1) is 0 Å². The minimum absolute atomic E-state index is 0.794. The van der Waals surface area contributed by atoms with Crippen molar-refractivity contribution in [2.75, 3.05) is 0 Å². The van der Waals surface area contributed by atoms with Crippen LogP contribution in [0.4, 0.5) is 0 Å². The van der Waals surface area contributed by atoms with Gasteiger partial charge in [0.1, 0.15) is 0 Å². The van der Waals surface area contributed by atoms with Crippen LogP contribution >= 0.6 is 22.7 Å². The molecule has 3 heteroatoms. The van der Waals surface area contributed by atoms with E-state index in [1.807, 2.05) is 29.0 Å². The lowest BCUT2D eigenvalue weighted by molar-refractivity contribution is 0.112. The summed E-state index contributed by atoms with van der Waals surface area (Å²) in [5, 5.41) is 3.96. The molecule has 0 saturated carbocycles. The van der Waals surface area contributed by atoms with Gasteiger partial charge in [0.2, 0.25) is 0 Å². The molecule has 0 amide bonds. The van der Waals surface area contributed by atoms with Crippen LogP contribution in [0.5, 0.6) is 0 Å². The maximum absolute atomic E-state index is 10.6. The van der Waals surface area contributed by atoms with Gasteiger partial charge in [-0.05, 0) is 22.9 Å². The van der Waals surface area contributed by atoms with Gasteiger partial charge in [0, 0.05) is 10.4 Å². The van der Waals surface area contributed by atoms with E-state index in [4.69, 9.17) is 0 Å². The summed E-state index contributed by atoms with van der Waals surface area (Å²) in [7, 11) is 0. The average Bonchev–Trinajstić information content (AvgIpc) is 2.74. The van der Waals surface area contributed by atoms with Gasteiger partial charge in [-0.25, -0.2) is 0 Å². The van der Waals surface area contributed by atoms with Crippen molar-refractivity contribution in [3.8, 4) is 9.75 Å². The molecule has 1 nitrogen and oxygen atoms in total. The van der Waals surface area contributed by atoms with E-state index >= 15 is 0 Å². The van der Waals surface area contributed by atoms with E-state index in [2.05, 4.69) is 0 Å². The molecule has 60 valence electrons. The Bertz CT molecular complexity index is 373. The normalized spacial score (nSPS) is 10.0. The van der Waals surface area contributed by atoms with Crippen molar-refractivity contribution in [1.82, 2.24) is 0 Å². The predicted molar refractivity (Wildman–Crippen MR) is 53.0 cm³/mol. The molecule has 0 aliphatic carbocycles. The SMILES string of the molecule is O=Cc1ccsc1-c1cccs1. The van der Waals surface area contributed by atoms with Crippen molar-refractivity contribution in [3.05, 3.63) is 34.5 Å². The summed E-state index contributed by atoms with van der Waals surface area (Å²) in [6.45, 7) is 0. The van der Waals surface area contributed by atoms with Gasteiger partial charge in [0.25, 0.3) is 0 Å². The highest BCUT2D eigenvalue weighted by molar-refractivity contribution is 7.20. The van der Waals surface area contributed by atoms with Crippen molar-refractivity contribution in [1.29, 1.82) is 0 Å². The first kappa shape index (κ1) is 7.71. The lowest BCUT2D eigenvalue weighted by atomic mass is 10.2. The largest absolute Gasteiger partial charge is 0.298 e. The smallest absolute Gasteiger partial charge is 0.151 e. The molecular formula is C9H6OS2. The second-order valence-corrected chi connectivity index (χ2v) is 4.16. The molecule has 0 atom stereocenters. The molecule has 0 aliphatic heterocycles. The fourth-order valence-corrected chi connectivity index (χ4v) is 2.78. The Balaban J connectivity index is 2.53. The van der Waals surface area contributed by atoms with E-state index in [1.165, 1.54) is 4.88 Å². The summed E-state index contributed by atoms with van der Waals surface area (Å²) in [4.78, 5) is 12.9. The number of aldehydes is 1. The summed E-state index contributed by atoms with van der Waals surface area (Å²) >= 11 is 3.27. The molecule has 0 spiro atoms. The molecular weight excluding hydrogens is 188 g/mol. The molecule has 0 fully saturated rings. The number of carbonyl (C=O) groups is 1. The van der Waals surface area contributed by atoms with Crippen LogP contribution in [-0.2, 0) is 0 Å². The van der Waals surface area contributed by atoms with Crippen LogP contribution in [0.1, 0.15) is 10.4 Å². The second kappa shape index (κ2) is 3.21. The average molecular weight is 194 g/mol. The third-order valence-electron chi connectivity index (χ3n) is 1.57. The van der Waals surface area contributed by atoms with Gasteiger partial charge in [-0.2, -0.15) is 0 Å². The highest BCUT2D eigenvalue weighted by atomic mass is 32.1. The highest BCUT2D eigenvalue weighted by Crippen LogP contribution is 2.31. The molecule has 0 aliphatic rings. The van der Waals surface area contributed by atoms with Crippen LogP contribution < -0.4 is 0 Å². The van der Waals surface area contributed by atoms with Crippen LogP contribution in [0.3, 0.4) is 0 Å². The Kier molecular flexibility index (Phi) is 2.06. The summed E-state index contributed by atoms with van der Waals surface area (Å²) in [6, 6.07) is 5.88. The summed E-state index contributed by atoms with van der Waals surface area (Å²) in [5.41, 5.74) is 0.794. The lowest BCUT2D eigenvalue weighted by Gasteiger charge is -1.90. The van der Waals surface area contributed by atoms with Crippen molar-refractivity contribution < 1.29 is 4.79 Å². The third-order valence-corrected chi connectivity index (χ3v) is 3.55. The number of rotatable bonds is 2. The van der Waals surface area contributed by atoms with Crippen LogP contribution in [0.25, 0.3) is 9.75 Å². The maximum atomic E-state index is 10.6. The van der Waals surface area contributed by atoms with E-state index in [1.54, 1.807) is 22.7 Å². The second-order valence-electron chi connectivity index (χ2n) is 2.30. The minimum Gasteiger partial charge on any atom is -0.298 e. The highest BCUT2D eigenvalue weighted by Gasteiger charge is 2.05.